The van der Waals surface area contributed by atoms with Gasteiger partial charge >= 0.3 is 0 Å². The molecular formula is C22H23N11OS. The zero-order valence-electron chi connectivity index (χ0n) is 18.9. The van der Waals surface area contributed by atoms with Gasteiger partial charge in [0.1, 0.15) is 5.69 Å². The topological polar surface area (TPSA) is 147 Å². The molecule has 5 rings (SSSR count). The highest BCUT2D eigenvalue weighted by molar-refractivity contribution is 7.09. The first kappa shape index (κ1) is 22.5. The van der Waals surface area contributed by atoms with Crippen molar-refractivity contribution >= 4 is 23.2 Å². The summed E-state index contributed by atoms with van der Waals surface area (Å²) >= 11 is 1.63. The van der Waals surface area contributed by atoms with Crippen molar-refractivity contribution in [2.45, 2.75) is 38.8 Å². The van der Waals surface area contributed by atoms with Crippen molar-refractivity contribution in [2.75, 3.05) is 4.90 Å². The van der Waals surface area contributed by atoms with Gasteiger partial charge in [-0.25, -0.2) is 4.98 Å². The number of carbonyl (C=O) groups is 1. The number of nitrogens with zero attached hydrogens (tertiary/aromatic N) is 9. The lowest BCUT2D eigenvalue weighted by atomic mass is 9.98. The maximum Gasteiger partial charge on any atom is 0.279 e. The molecule has 35 heavy (non-hydrogen) atoms. The number of anilines is 1. The molecule has 5 aromatic rings. The number of carbonyl (C=O) groups excluding carboxylic acids is 1. The van der Waals surface area contributed by atoms with Crippen LogP contribution in [0.2, 0.25) is 0 Å². The fourth-order valence-electron chi connectivity index (χ4n) is 3.93. The van der Waals surface area contributed by atoms with Gasteiger partial charge in [-0.15, -0.1) is 26.6 Å². The van der Waals surface area contributed by atoms with Crippen molar-refractivity contribution in [2.24, 2.45) is 0 Å². The van der Waals surface area contributed by atoms with Crippen LogP contribution in [0.4, 0.5) is 5.95 Å². The molecule has 13 heteroatoms. The molecule has 0 radical (unpaired) electrons. The predicted octanol–water partition coefficient (Wildman–Crippen LogP) is 3.26. The molecule has 0 aliphatic heterocycles. The lowest BCUT2D eigenvalue weighted by Crippen LogP contribution is -2.37. The van der Waals surface area contributed by atoms with Crippen LogP contribution >= 0.6 is 11.3 Å². The minimum atomic E-state index is -0.315. The van der Waals surface area contributed by atoms with E-state index in [-0.39, 0.29) is 17.9 Å². The highest BCUT2D eigenvalue weighted by atomic mass is 32.1. The van der Waals surface area contributed by atoms with Gasteiger partial charge in [0.05, 0.1) is 25.1 Å². The number of H-pyrrole nitrogens is 2. The Morgan fingerprint density at radius 2 is 1.94 bits per heavy atom. The first-order chi connectivity index (χ1) is 17.2. The highest BCUT2D eigenvalue weighted by Gasteiger charge is 2.32. The normalized spacial score (nSPS) is 12.0. The summed E-state index contributed by atoms with van der Waals surface area (Å²) in [5, 5.41) is 30.7. The third-order valence-electron chi connectivity index (χ3n) is 5.65. The van der Waals surface area contributed by atoms with Crippen LogP contribution in [-0.2, 0) is 6.54 Å². The summed E-state index contributed by atoms with van der Waals surface area (Å²) in [4.78, 5) is 21.0. The van der Waals surface area contributed by atoms with Crippen LogP contribution in [0, 0.1) is 0 Å². The number of rotatable bonds is 10. The average molecular weight is 490 g/mol. The van der Waals surface area contributed by atoms with E-state index >= 15 is 0 Å². The Labute approximate surface area is 204 Å². The number of hydrogen-bond donors (Lipinski definition) is 2. The molecule has 0 aliphatic carbocycles. The van der Waals surface area contributed by atoms with Gasteiger partial charge in [-0.1, -0.05) is 55.2 Å². The van der Waals surface area contributed by atoms with Gasteiger partial charge in [0.2, 0.25) is 5.82 Å². The van der Waals surface area contributed by atoms with Gasteiger partial charge < -0.3 is 4.57 Å². The van der Waals surface area contributed by atoms with Crippen LogP contribution in [0.25, 0.3) is 11.4 Å². The molecule has 0 bridgehead atoms. The fourth-order valence-corrected chi connectivity index (χ4v) is 4.63. The lowest BCUT2D eigenvalue weighted by Gasteiger charge is -2.29. The number of tetrazole rings is 2. The maximum atomic E-state index is 14.0. The van der Waals surface area contributed by atoms with E-state index in [1.54, 1.807) is 28.8 Å². The summed E-state index contributed by atoms with van der Waals surface area (Å²) in [6.45, 7) is 2.67. The van der Waals surface area contributed by atoms with Crippen LogP contribution < -0.4 is 4.90 Å². The van der Waals surface area contributed by atoms with Gasteiger partial charge in [-0.05, 0) is 33.9 Å². The smallest absolute Gasteiger partial charge is 0.279 e. The Balaban J connectivity index is 1.51. The second-order valence-electron chi connectivity index (χ2n) is 7.89. The number of benzene rings is 1. The summed E-state index contributed by atoms with van der Waals surface area (Å²) in [7, 11) is 0. The average Bonchev–Trinajstić information content (AvgIpc) is 3.70. The zero-order chi connectivity index (χ0) is 24.0. The van der Waals surface area contributed by atoms with Crippen molar-refractivity contribution in [3.63, 3.8) is 0 Å². The monoisotopic (exact) mass is 489 g/mol. The Morgan fingerprint density at radius 3 is 2.63 bits per heavy atom. The largest absolute Gasteiger partial charge is 0.321 e. The molecule has 2 N–H and O–H groups in total. The SMILES string of the molecule is CCCCC(c1ccc(-c2nn[nH]n2)cc1)N(C(=O)c1cncn1Cc1cccs1)c1nn[nH]n1. The number of amides is 1. The van der Waals surface area contributed by atoms with E-state index in [1.165, 1.54) is 0 Å². The van der Waals surface area contributed by atoms with E-state index in [9.17, 15) is 4.79 Å². The van der Waals surface area contributed by atoms with Crippen LogP contribution in [0.15, 0.2) is 54.3 Å². The molecule has 1 aromatic carbocycles. The molecule has 0 saturated carbocycles. The molecule has 12 nitrogen and oxygen atoms in total. The second kappa shape index (κ2) is 10.3. The minimum Gasteiger partial charge on any atom is -0.321 e. The summed E-state index contributed by atoms with van der Waals surface area (Å²) in [5.74, 6) is 0.469. The third kappa shape index (κ3) is 4.84. The molecule has 4 heterocycles. The molecule has 0 fully saturated rings. The summed E-state index contributed by atoms with van der Waals surface area (Å²) in [5.41, 5.74) is 2.21. The van der Waals surface area contributed by atoms with Crippen LogP contribution in [-0.4, -0.2) is 56.7 Å². The van der Waals surface area contributed by atoms with E-state index in [2.05, 4.69) is 53.2 Å². The molecule has 0 aliphatic rings. The van der Waals surface area contributed by atoms with E-state index in [0.717, 1.165) is 35.3 Å². The Bertz CT molecular complexity index is 1330. The van der Waals surface area contributed by atoms with Crippen molar-refractivity contribution in [3.8, 4) is 11.4 Å². The van der Waals surface area contributed by atoms with E-state index in [0.29, 0.717) is 18.1 Å². The maximum absolute atomic E-state index is 14.0. The molecule has 0 spiro atoms. The minimum absolute atomic E-state index is 0.210. The zero-order valence-corrected chi connectivity index (χ0v) is 19.8. The first-order valence-corrected chi connectivity index (χ1v) is 12.1. The number of unbranched alkanes of at least 4 members (excludes halogenated alkanes) is 1. The number of hydrogen-bond acceptors (Lipinski definition) is 9. The molecule has 4 aromatic heterocycles. The van der Waals surface area contributed by atoms with Crippen molar-refractivity contribution in [3.05, 3.63) is 70.4 Å². The second-order valence-corrected chi connectivity index (χ2v) is 8.92. The number of aromatic nitrogens is 10. The van der Waals surface area contributed by atoms with Crippen LogP contribution in [0.3, 0.4) is 0 Å². The highest BCUT2D eigenvalue weighted by Crippen LogP contribution is 2.32. The molecule has 0 saturated heterocycles. The molecule has 1 amide bonds. The third-order valence-corrected chi connectivity index (χ3v) is 6.51. The van der Waals surface area contributed by atoms with E-state index in [4.69, 9.17) is 0 Å². The van der Waals surface area contributed by atoms with Crippen molar-refractivity contribution in [1.82, 2.24) is 50.8 Å². The molecule has 1 unspecified atom stereocenters. The molecule has 178 valence electrons. The number of thiophene rings is 1. The van der Waals surface area contributed by atoms with Crippen molar-refractivity contribution < 1.29 is 4.79 Å². The van der Waals surface area contributed by atoms with Crippen LogP contribution in [0.5, 0.6) is 0 Å². The number of nitrogens with one attached hydrogen (secondary N) is 2. The van der Waals surface area contributed by atoms with E-state index < -0.39 is 0 Å². The van der Waals surface area contributed by atoms with Gasteiger partial charge in [-0.2, -0.15) is 10.4 Å². The summed E-state index contributed by atoms with van der Waals surface area (Å²) in [6.07, 6.45) is 5.86. The number of aromatic amines is 2. The Hall–Kier alpha value is -4.26. The standard InChI is InChI=1S/C22H23N11OS/c1-2-3-6-18(15-7-9-16(10-8-15)20-24-28-29-25-20)33(22-26-30-31-27-22)21(34)19-12-23-14-32(19)13-17-5-4-11-35-17/h4-5,7-12,14,18H,2-3,6,13H2,1H3,(H,24,25,28,29)(H,26,27,30,31). The molecular weight excluding hydrogens is 466 g/mol. The van der Waals surface area contributed by atoms with Crippen molar-refractivity contribution in [1.29, 1.82) is 0 Å². The van der Waals surface area contributed by atoms with Crippen LogP contribution in [0.1, 0.15) is 53.2 Å². The Morgan fingerprint density at radius 1 is 1.11 bits per heavy atom. The predicted molar refractivity (Wildman–Crippen MR) is 129 cm³/mol. The van der Waals surface area contributed by atoms with E-state index in [1.807, 2.05) is 46.3 Å². The first-order valence-electron chi connectivity index (χ1n) is 11.2. The van der Waals surface area contributed by atoms with Gasteiger partial charge in [0.25, 0.3) is 11.9 Å². The molecule has 1 atom stereocenters. The fraction of sp³-hybridized carbons (Fsp3) is 0.273. The van der Waals surface area contributed by atoms with Gasteiger partial charge in [0.15, 0.2) is 0 Å². The summed E-state index contributed by atoms with van der Waals surface area (Å²) < 4.78 is 1.84. The quantitative estimate of drug-likeness (QED) is 0.304. The van der Waals surface area contributed by atoms with Gasteiger partial charge in [-0.3, -0.25) is 9.69 Å². The Kier molecular flexibility index (Phi) is 6.66. The van der Waals surface area contributed by atoms with Gasteiger partial charge in [0, 0.05) is 10.4 Å². The summed E-state index contributed by atoms with van der Waals surface area (Å²) in [6, 6.07) is 11.5. The number of imidazole rings is 1. The lowest BCUT2D eigenvalue weighted by molar-refractivity contribution is 0.0964.